The summed E-state index contributed by atoms with van der Waals surface area (Å²) in [5, 5.41) is 5.02. The summed E-state index contributed by atoms with van der Waals surface area (Å²) < 4.78 is 9.82. The first-order valence-electron chi connectivity index (χ1n) is 8.66. The lowest BCUT2D eigenvalue weighted by molar-refractivity contribution is -0.145. The number of terminal acetylenes is 1. The summed E-state index contributed by atoms with van der Waals surface area (Å²) in [6.07, 6.45) is 4.88. The van der Waals surface area contributed by atoms with E-state index in [2.05, 4.69) is 16.6 Å². The molecule has 0 fully saturated rings. The van der Waals surface area contributed by atoms with Crippen LogP contribution >= 0.6 is 0 Å². The number of hydrogen-bond donors (Lipinski definition) is 2. The zero-order valence-corrected chi connectivity index (χ0v) is 15.9. The van der Waals surface area contributed by atoms with Crippen molar-refractivity contribution in [1.29, 1.82) is 0 Å². The van der Waals surface area contributed by atoms with Crippen molar-refractivity contribution in [3.8, 4) is 12.3 Å². The second-order valence-electron chi connectivity index (χ2n) is 6.38. The summed E-state index contributed by atoms with van der Waals surface area (Å²) in [6.45, 7) is 3.90. The molecular formula is C20H26N2O5. The molecule has 0 bridgehead atoms. The number of benzene rings is 1. The molecule has 27 heavy (non-hydrogen) atoms. The molecule has 0 aliphatic rings. The molecule has 0 radical (unpaired) electrons. The first kappa shape index (κ1) is 22.0. The first-order chi connectivity index (χ1) is 12.9. The molecular weight excluding hydrogens is 348 g/mol. The molecule has 0 spiro atoms. The quantitative estimate of drug-likeness (QED) is 0.509. The highest BCUT2D eigenvalue weighted by atomic mass is 16.5. The lowest BCUT2D eigenvalue weighted by atomic mass is 10.0. The molecule has 1 aromatic carbocycles. The van der Waals surface area contributed by atoms with Crippen molar-refractivity contribution in [2.24, 2.45) is 5.92 Å². The van der Waals surface area contributed by atoms with Crippen molar-refractivity contribution < 1.29 is 23.9 Å². The third kappa shape index (κ3) is 8.27. The monoisotopic (exact) mass is 374 g/mol. The predicted molar refractivity (Wildman–Crippen MR) is 100 cm³/mol. The van der Waals surface area contributed by atoms with Crippen molar-refractivity contribution in [3.63, 3.8) is 0 Å². The van der Waals surface area contributed by atoms with Gasteiger partial charge in [0.15, 0.2) is 0 Å². The van der Waals surface area contributed by atoms with E-state index in [1.165, 1.54) is 7.11 Å². The third-order valence-electron chi connectivity index (χ3n) is 3.65. The minimum Gasteiger partial charge on any atom is -0.467 e. The summed E-state index contributed by atoms with van der Waals surface area (Å²) in [5.41, 5.74) is 0.813. The van der Waals surface area contributed by atoms with Crippen molar-refractivity contribution in [1.82, 2.24) is 10.6 Å². The van der Waals surface area contributed by atoms with Crippen LogP contribution in [0.5, 0.6) is 0 Å². The Bertz CT molecular complexity index is 667. The van der Waals surface area contributed by atoms with Gasteiger partial charge in [0.05, 0.1) is 7.11 Å². The zero-order valence-electron chi connectivity index (χ0n) is 15.9. The van der Waals surface area contributed by atoms with E-state index in [4.69, 9.17) is 15.9 Å². The van der Waals surface area contributed by atoms with Crippen LogP contribution < -0.4 is 10.6 Å². The van der Waals surface area contributed by atoms with Crippen molar-refractivity contribution in [2.45, 2.75) is 45.4 Å². The molecule has 0 aliphatic carbocycles. The van der Waals surface area contributed by atoms with Crippen molar-refractivity contribution >= 4 is 18.0 Å². The van der Waals surface area contributed by atoms with Crippen molar-refractivity contribution in [3.05, 3.63) is 35.9 Å². The number of esters is 1. The molecule has 0 saturated heterocycles. The van der Waals surface area contributed by atoms with Crippen LogP contribution in [0, 0.1) is 18.3 Å². The normalized spacial score (nSPS) is 12.4. The van der Waals surface area contributed by atoms with Gasteiger partial charge in [-0.1, -0.05) is 44.2 Å². The smallest absolute Gasteiger partial charge is 0.408 e. The molecule has 146 valence electrons. The summed E-state index contributed by atoms with van der Waals surface area (Å²) in [6, 6.07) is 7.30. The van der Waals surface area contributed by atoms with Crippen LogP contribution in [0.3, 0.4) is 0 Å². The van der Waals surface area contributed by atoms with Gasteiger partial charge in [0.25, 0.3) is 0 Å². The van der Waals surface area contributed by atoms with Crippen LogP contribution in [0.1, 0.15) is 32.3 Å². The van der Waals surface area contributed by atoms with E-state index in [0.717, 1.165) is 5.56 Å². The molecule has 7 heteroatoms. The minimum atomic E-state index is -1.02. The number of amides is 2. The van der Waals surface area contributed by atoms with Gasteiger partial charge in [-0.2, -0.15) is 0 Å². The Labute approximate surface area is 159 Å². The lowest BCUT2D eigenvalue weighted by Crippen LogP contribution is -2.52. The Balaban J connectivity index is 2.66. The molecule has 0 saturated carbocycles. The Hall–Kier alpha value is -3.01. The fourth-order valence-electron chi connectivity index (χ4n) is 2.33. The summed E-state index contributed by atoms with van der Waals surface area (Å²) >= 11 is 0. The van der Waals surface area contributed by atoms with E-state index in [1.807, 2.05) is 44.2 Å². The first-order valence-corrected chi connectivity index (χ1v) is 8.66. The third-order valence-corrected chi connectivity index (χ3v) is 3.65. The second-order valence-corrected chi connectivity index (χ2v) is 6.38. The van der Waals surface area contributed by atoms with Crippen LogP contribution in [0.15, 0.2) is 30.3 Å². The maximum absolute atomic E-state index is 12.5. The number of alkyl carbamates (subject to hydrolysis) is 1. The minimum absolute atomic E-state index is 0.0398. The Morgan fingerprint density at radius 2 is 1.78 bits per heavy atom. The van der Waals surface area contributed by atoms with Crippen LogP contribution in [-0.4, -0.2) is 37.2 Å². The van der Waals surface area contributed by atoms with Crippen LogP contribution in [0.2, 0.25) is 0 Å². The highest BCUT2D eigenvalue weighted by Gasteiger charge is 2.27. The predicted octanol–water partition coefficient (Wildman–Crippen LogP) is 2.01. The standard InChI is InChI=1S/C20H26N2O5/c1-5-9-16(18(23)21-17(12-14(2)3)19(24)26-4)22-20(25)27-13-15-10-7-6-8-11-15/h1,6-8,10-11,14,16-17H,9,12-13H2,2-4H3,(H,21,23)(H,22,25)/t16-,17-/m0/s1. The van der Waals surface area contributed by atoms with E-state index in [1.54, 1.807) is 0 Å². The maximum Gasteiger partial charge on any atom is 0.408 e. The Morgan fingerprint density at radius 1 is 1.11 bits per heavy atom. The highest BCUT2D eigenvalue weighted by Crippen LogP contribution is 2.07. The van der Waals surface area contributed by atoms with Crippen LogP contribution in [-0.2, 0) is 25.7 Å². The van der Waals surface area contributed by atoms with Crippen LogP contribution in [0.25, 0.3) is 0 Å². The molecule has 7 nitrogen and oxygen atoms in total. The second kappa shape index (κ2) is 11.6. The number of hydrogen-bond acceptors (Lipinski definition) is 5. The summed E-state index contributed by atoms with van der Waals surface area (Å²) in [5.74, 6) is 1.37. The fraction of sp³-hybridized carbons (Fsp3) is 0.450. The van der Waals surface area contributed by atoms with Gasteiger partial charge in [-0.05, 0) is 17.9 Å². The van der Waals surface area contributed by atoms with Gasteiger partial charge >= 0.3 is 12.1 Å². The fourth-order valence-corrected chi connectivity index (χ4v) is 2.33. The van der Waals surface area contributed by atoms with Crippen molar-refractivity contribution in [2.75, 3.05) is 7.11 Å². The van der Waals surface area contributed by atoms with E-state index >= 15 is 0 Å². The number of methoxy groups -OCH3 is 1. The van der Waals surface area contributed by atoms with Gasteiger partial charge in [-0.25, -0.2) is 9.59 Å². The molecule has 0 unspecified atom stereocenters. The van der Waals surface area contributed by atoms with Gasteiger partial charge in [0, 0.05) is 6.42 Å². The van der Waals surface area contributed by atoms with Gasteiger partial charge in [-0.15, -0.1) is 12.3 Å². The lowest BCUT2D eigenvalue weighted by Gasteiger charge is -2.22. The van der Waals surface area contributed by atoms with Gasteiger partial charge in [0.1, 0.15) is 18.7 Å². The van der Waals surface area contributed by atoms with Gasteiger partial charge in [-0.3, -0.25) is 4.79 Å². The van der Waals surface area contributed by atoms with Gasteiger partial charge in [0.2, 0.25) is 5.91 Å². The molecule has 0 aliphatic heterocycles. The maximum atomic E-state index is 12.5. The Kier molecular flexibility index (Phi) is 9.45. The number of ether oxygens (including phenoxy) is 2. The number of carbonyl (C=O) groups is 3. The summed E-state index contributed by atoms with van der Waals surface area (Å²) in [4.78, 5) is 36.3. The van der Waals surface area contributed by atoms with E-state index < -0.39 is 30.1 Å². The SMILES string of the molecule is C#CC[C@H](NC(=O)OCc1ccccc1)C(=O)N[C@@H](CC(C)C)C(=O)OC. The molecule has 2 amide bonds. The number of carbonyl (C=O) groups excluding carboxylic acids is 3. The van der Waals surface area contributed by atoms with Crippen LogP contribution in [0.4, 0.5) is 4.79 Å². The van der Waals surface area contributed by atoms with Gasteiger partial charge < -0.3 is 20.1 Å². The molecule has 2 N–H and O–H groups in total. The number of nitrogens with one attached hydrogen (secondary N) is 2. The van der Waals surface area contributed by atoms with E-state index in [0.29, 0.717) is 6.42 Å². The zero-order chi connectivity index (χ0) is 20.2. The average molecular weight is 374 g/mol. The van der Waals surface area contributed by atoms with E-state index in [9.17, 15) is 14.4 Å². The molecule has 1 rings (SSSR count). The molecule has 0 heterocycles. The summed E-state index contributed by atoms with van der Waals surface area (Å²) in [7, 11) is 1.25. The average Bonchev–Trinajstić information content (AvgIpc) is 2.65. The molecule has 1 aromatic rings. The molecule has 0 aromatic heterocycles. The largest absolute Gasteiger partial charge is 0.467 e. The van der Waals surface area contributed by atoms with E-state index in [-0.39, 0.29) is 18.9 Å². The highest BCUT2D eigenvalue weighted by molar-refractivity contribution is 5.89. The Morgan fingerprint density at radius 3 is 2.33 bits per heavy atom. The topological polar surface area (TPSA) is 93.7 Å². The molecule has 2 atom stereocenters. The number of rotatable bonds is 9.